The second-order valence-corrected chi connectivity index (χ2v) is 7.53. The number of carbonyl (C=O) groups excluding carboxylic acids is 2. The summed E-state index contributed by atoms with van der Waals surface area (Å²) in [5.74, 6) is 0.261. The molecule has 0 spiro atoms. The Morgan fingerprint density at radius 2 is 1.69 bits per heavy atom. The Balaban J connectivity index is 2.12. The highest BCUT2D eigenvalue weighted by Crippen LogP contribution is 2.25. The molecule has 0 aromatic heterocycles. The van der Waals surface area contributed by atoms with Gasteiger partial charge in [0.05, 0.1) is 19.8 Å². The third-order valence-electron chi connectivity index (χ3n) is 4.02. The van der Waals surface area contributed by atoms with E-state index in [0.29, 0.717) is 23.3 Å². The molecule has 0 saturated heterocycles. The quantitative estimate of drug-likeness (QED) is 0.590. The number of ether oxygens (including phenoxy) is 2. The largest absolute Gasteiger partial charge is 0.496 e. The van der Waals surface area contributed by atoms with Gasteiger partial charge in [0.2, 0.25) is 0 Å². The highest BCUT2D eigenvalue weighted by atomic mass is 32.2. The summed E-state index contributed by atoms with van der Waals surface area (Å²) in [6.07, 6.45) is 0.368. The van der Waals surface area contributed by atoms with Crippen LogP contribution in [-0.4, -0.2) is 48.2 Å². The Kier molecular flexibility index (Phi) is 7.43. The highest BCUT2D eigenvalue weighted by Gasteiger charge is 2.22. The number of nitrogens with one attached hydrogen (secondary N) is 3. The fourth-order valence-corrected chi connectivity index (χ4v) is 3.74. The fraction of sp³-hybridized carbons (Fsp3) is 0.263. The zero-order valence-electron chi connectivity index (χ0n) is 16.3. The van der Waals surface area contributed by atoms with Crippen molar-refractivity contribution < 1.29 is 27.5 Å². The minimum atomic E-state index is -4.12. The first-order valence-corrected chi connectivity index (χ1v) is 10.1. The van der Waals surface area contributed by atoms with Crippen LogP contribution < -0.4 is 24.8 Å². The van der Waals surface area contributed by atoms with Crippen LogP contribution in [0.4, 0.5) is 4.79 Å². The Bertz CT molecular complexity index is 991. The minimum Gasteiger partial charge on any atom is -0.496 e. The lowest BCUT2D eigenvalue weighted by Gasteiger charge is -2.13. The lowest BCUT2D eigenvalue weighted by Crippen LogP contribution is -2.37. The van der Waals surface area contributed by atoms with Crippen molar-refractivity contribution in [1.29, 1.82) is 0 Å². The number of hydrogen-bond acceptors (Lipinski definition) is 6. The Morgan fingerprint density at radius 1 is 1.00 bits per heavy atom. The Morgan fingerprint density at radius 3 is 2.34 bits per heavy atom. The molecule has 0 aliphatic carbocycles. The molecule has 0 atom stereocenters. The van der Waals surface area contributed by atoms with E-state index >= 15 is 0 Å². The average molecular weight is 421 g/mol. The third-order valence-corrected chi connectivity index (χ3v) is 5.37. The van der Waals surface area contributed by atoms with E-state index in [0.717, 1.165) is 0 Å². The standard InChI is InChI=1S/C19H23N3O6S/c1-20-19(24)22-29(25,26)17-12-13(8-9-16(17)28-3)10-11-21-18(23)14-6-4-5-7-15(14)27-2/h4-9,12H,10-11H2,1-3H3,(H,21,23)(H2,20,22,24). The molecule has 3 amide bonds. The predicted octanol–water partition coefficient (Wildman–Crippen LogP) is 1.29. The molecule has 0 aliphatic rings. The summed E-state index contributed by atoms with van der Waals surface area (Å²) in [6, 6.07) is 10.6. The van der Waals surface area contributed by atoms with Crippen molar-refractivity contribution in [1.82, 2.24) is 15.4 Å². The van der Waals surface area contributed by atoms with E-state index in [1.807, 2.05) is 4.72 Å². The van der Waals surface area contributed by atoms with Crippen molar-refractivity contribution in [2.24, 2.45) is 0 Å². The van der Waals surface area contributed by atoms with E-state index in [1.165, 1.54) is 33.4 Å². The second-order valence-electron chi connectivity index (χ2n) is 5.88. The summed E-state index contributed by atoms with van der Waals surface area (Å²) in [4.78, 5) is 23.6. The molecule has 0 heterocycles. The van der Waals surface area contributed by atoms with Gasteiger partial charge in [-0.15, -0.1) is 0 Å². The average Bonchev–Trinajstić information content (AvgIpc) is 2.73. The van der Waals surface area contributed by atoms with Gasteiger partial charge in [0.15, 0.2) is 0 Å². The lowest BCUT2D eigenvalue weighted by atomic mass is 10.1. The number of para-hydroxylation sites is 1. The number of urea groups is 1. The highest BCUT2D eigenvalue weighted by molar-refractivity contribution is 7.90. The molecular formula is C19H23N3O6S. The Hall–Kier alpha value is -3.27. The Labute approximate surface area is 169 Å². The molecule has 0 unspecified atom stereocenters. The molecular weight excluding hydrogens is 398 g/mol. The molecule has 2 aromatic carbocycles. The SMILES string of the molecule is CNC(=O)NS(=O)(=O)c1cc(CCNC(=O)c2ccccc2OC)ccc1OC. The second kappa shape index (κ2) is 9.78. The number of methoxy groups -OCH3 is 2. The number of benzene rings is 2. The maximum absolute atomic E-state index is 12.4. The van der Waals surface area contributed by atoms with Gasteiger partial charge in [-0.1, -0.05) is 18.2 Å². The van der Waals surface area contributed by atoms with Crippen LogP contribution in [0.3, 0.4) is 0 Å². The summed E-state index contributed by atoms with van der Waals surface area (Å²) in [7, 11) is 0.00642. The molecule has 9 nitrogen and oxygen atoms in total. The van der Waals surface area contributed by atoms with Crippen LogP contribution in [0.25, 0.3) is 0 Å². The minimum absolute atomic E-state index is 0.100. The molecule has 2 rings (SSSR count). The van der Waals surface area contributed by atoms with Gasteiger partial charge in [-0.3, -0.25) is 4.79 Å². The van der Waals surface area contributed by atoms with Gasteiger partial charge >= 0.3 is 6.03 Å². The van der Waals surface area contributed by atoms with Crippen LogP contribution in [-0.2, 0) is 16.4 Å². The monoisotopic (exact) mass is 421 g/mol. The summed E-state index contributed by atoms with van der Waals surface area (Å²) in [5.41, 5.74) is 1.05. The molecule has 0 saturated carbocycles. The van der Waals surface area contributed by atoms with Gasteiger partial charge in [0, 0.05) is 13.6 Å². The summed E-state index contributed by atoms with van der Waals surface area (Å²) in [5, 5.41) is 4.96. The van der Waals surface area contributed by atoms with Crippen molar-refractivity contribution in [3.05, 3.63) is 53.6 Å². The summed E-state index contributed by atoms with van der Waals surface area (Å²) < 4.78 is 37.0. The van der Waals surface area contributed by atoms with Crippen molar-refractivity contribution in [2.75, 3.05) is 27.8 Å². The van der Waals surface area contributed by atoms with Crippen LogP contribution in [0.5, 0.6) is 11.5 Å². The molecule has 156 valence electrons. The molecule has 29 heavy (non-hydrogen) atoms. The van der Waals surface area contributed by atoms with Gasteiger partial charge in [-0.05, 0) is 36.2 Å². The first kappa shape index (κ1) is 22.0. The molecule has 3 N–H and O–H groups in total. The third kappa shape index (κ3) is 5.61. The van der Waals surface area contributed by atoms with E-state index in [-0.39, 0.29) is 23.1 Å². The first-order chi connectivity index (χ1) is 13.8. The van der Waals surface area contributed by atoms with Crippen molar-refractivity contribution in [2.45, 2.75) is 11.3 Å². The van der Waals surface area contributed by atoms with Crippen molar-refractivity contribution >= 4 is 22.0 Å². The fourth-order valence-electron chi connectivity index (χ4n) is 2.56. The van der Waals surface area contributed by atoms with Gasteiger partial charge in [-0.2, -0.15) is 0 Å². The summed E-state index contributed by atoms with van der Waals surface area (Å²) in [6.45, 7) is 0.269. The van der Waals surface area contributed by atoms with Crippen molar-refractivity contribution in [3.63, 3.8) is 0 Å². The molecule has 0 radical (unpaired) electrons. The van der Waals surface area contributed by atoms with Gasteiger partial charge in [0.1, 0.15) is 16.4 Å². The number of rotatable bonds is 8. The van der Waals surface area contributed by atoms with E-state index in [9.17, 15) is 18.0 Å². The number of carbonyl (C=O) groups is 2. The smallest absolute Gasteiger partial charge is 0.328 e. The van der Waals surface area contributed by atoms with Crippen molar-refractivity contribution in [3.8, 4) is 11.5 Å². The van der Waals surface area contributed by atoms with Gasteiger partial charge < -0.3 is 20.1 Å². The number of sulfonamides is 1. The maximum atomic E-state index is 12.4. The normalized spacial score (nSPS) is 10.7. The molecule has 10 heteroatoms. The van der Waals surface area contributed by atoms with E-state index in [2.05, 4.69) is 10.6 Å². The van der Waals surface area contributed by atoms with Crippen LogP contribution in [0.1, 0.15) is 15.9 Å². The number of hydrogen-bond donors (Lipinski definition) is 3. The van der Waals surface area contributed by atoms with E-state index in [4.69, 9.17) is 9.47 Å². The van der Waals surface area contributed by atoms with Gasteiger partial charge in [0.25, 0.3) is 15.9 Å². The van der Waals surface area contributed by atoms with Gasteiger partial charge in [-0.25, -0.2) is 17.9 Å². The van der Waals surface area contributed by atoms with Crippen LogP contribution in [0.15, 0.2) is 47.4 Å². The number of amides is 3. The zero-order chi connectivity index (χ0) is 21.4. The molecule has 0 fully saturated rings. The zero-order valence-corrected chi connectivity index (χ0v) is 17.1. The molecule has 2 aromatic rings. The molecule has 0 bridgehead atoms. The topological polar surface area (TPSA) is 123 Å². The van der Waals surface area contributed by atoms with Crippen LogP contribution in [0, 0.1) is 0 Å². The van der Waals surface area contributed by atoms with Crippen LogP contribution >= 0.6 is 0 Å². The first-order valence-electron chi connectivity index (χ1n) is 8.65. The molecule has 0 aliphatic heterocycles. The summed E-state index contributed by atoms with van der Waals surface area (Å²) >= 11 is 0. The maximum Gasteiger partial charge on any atom is 0.328 e. The van der Waals surface area contributed by atoms with Crippen LogP contribution in [0.2, 0.25) is 0 Å². The van der Waals surface area contributed by atoms with E-state index < -0.39 is 16.1 Å². The predicted molar refractivity (Wildman–Crippen MR) is 107 cm³/mol. The van der Waals surface area contributed by atoms with E-state index in [1.54, 1.807) is 30.3 Å². The lowest BCUT2D eigenvalue weighted by molar-refractivity contribution is 0.0951.